The van der Waals surface area contributed by atoms with Crippen LogP contribution in [0.3, 0.4) is 0 Å². The molecular weight excluding hydrogens is 282 g/mol. The molecule has 112 valence electrons. The molecule has 1 N–H and O–H groups in total. The first-order chi connectivity index (χ1) is 10.5. The fourth-order valence-electron chi connectivity index (χ4n) is 2.52. The number of aryl methyl sites for hydroxylation is 1. The number of fused-ring (bicyclic) bond motifs is 1. The molecule has 6 nitrogen and oxygen atoms in total. The number of amides is 2. The number of carbonyl (C=O) groups is 2. The highest BCUT2D eigenvalue weighted by Crippen LogP contribution is 2.29. The molecule has 0 saturated heterocycles. The molecular formula is C16H15N3O3. The molecule has 0 unspecified atom stereocenters. The largest absolute Gasteiger partial charge is 0.322 e. The summed E-state index contributed by atoms with van der Waals surface area (Å²) < 4.78 is 1.35. The fraction of sp³-hybridized carbons (Fsp3) is 0.188. The molecule has 0 saturated carbocycles. The highest BCUT2D eigenvalue weighted by Gasteiger charge is 2.24. The predicted molar refractivity (Wildman–Crippen MR) is 83.2 cm³/mol. The summed E-state index contributed by atoms with van der Waals surface area (Å²) in [4.78, 5) is 37.4. The van der Waals surface area contributed by atoms with Crippen molar-refractivity contribution in [1.29, 1.82) is 0 Å². The first kappa shape index (κ1) is 14.1. The van der Waals surface area contributed by atoms with Crippen molar-refractivity contribution in [3.8, 4) is 0 Å². The monoisotopic (exact) mass is 297 g/mol. The zero-order valence-corrected chi connectivity index (χ0v) is 12.3. The van der Waals surface area contributed by atoms with E-state index in [4.69, 9.17) is 0 Å². The minimum atomic E-state index is -0.459. The third-order valence-corrected chi connectivity index (χ3v) is 3.78. The summed E-state index contributed by atoms with van der Waals surface area (Å²) in [5.74, 6) is -0.436. The Labute approximate surface area is 127 Å². The normalized spacial score (nSPS) is 13.2. The van der Waals surface area contributed by atoms with E-state index in [1.165, 1.54) is 10.6 Å². The number of aromatic nitrogens is 1. The molecule has 1 aromatic carbocycles. The maximum atomic E-state index is 12.2. The van der Waals surface area contributed by atoms with Crippen molar-refractivity contribution in [3.05, 3.63) is 58.0 Å². The van der Waals surface area contributed by atoms with Crippen molar-refractivity contribution in [2.24, 2.45) is 7.05 Å². The Balaban J connectivity index is 1.87. The van der Waals surface area contributed by atoms with E-state index in [0.717, 1.165) is 11.3 Å². The summed E-state index contributed by atoms with van der Waals surface area (Å²) in [6.45, 7) is 0. The van der Waals surface area contributed by atoms with E-state index in [-0.39, 0.29) is 17.0 Å². The molecule has 1 aliphatic rings. The summed E-state index contributed by atoms with van der Waals surface area (Å²) in [7, 11) is 3.32. The van der Waals surface area contributed by atoms with Gasteiger partial charge in [0.2, 0.25) is 5.91 Å². The van der Waals surface area contributed by atoms with Crippen LogP contribution >= 0.6 is 0 Å². The van der Waals surface area contributed by atoms with Crippen LogP contribution in [-0.2, 0) is 18.3 Å². The molecule has 1 aliphatic heterocycles. The molecule has 0 aliphatic carbocycles. The lowest BCUT2D eigenvalue weighted by Gasteiger charge is -2.11. The van der Waals surface area contributed by atoms with Gasteiger partial charge < -0.3 is 14.8 Å². The van der Waals surface area contributed by atoms with Gasteiger partial charge in [-0.2, -0.15) is 0 Å². The lowest BCUT2D eigenvalue weighted by molar-refractivity contribution is -0.117. The van der Waals surface area contributed by atoms with E-state index in [1.807, 2.05) is 0 Å². The van der Waals surface area contributed by atoms with Gasteiger partial charge in [-0.3, -0.25) is 14.4 Å². The smallest absolute Gasteiger partial charge is 0.263 e. The second-order valence-electron chi connectivity index (χ2n) is 5.27. The average molecular weight is 297 g/mol. The molecule has 0 bridgehead atoms. The minimum Gasteiger partial charge on any atom is -0.322 e. The van der Waals surface area contributed by atoms with Gasteiger partial charge in [-0.25, -0.2) is 0 Å². The Kier molecular flexibility index (Phi) is 3.29. The molecule has 2 aromatic rings. The number of nitrogens with one attached hydrogen (secondary N) is 1. The lowest BCUT2D eigenvalue weighted by Crippen LogP contribution is -2.27. The van der Waals surface area contributed by atoms with Gasteiger partial charge in [-0.1, -0.05) is 0 Å². The number of rotatable bonds is 2. The number of benzene rings is 1. The Hall–Kier alpha value is -2.89. The van der Waals surface area contributed by atoms with Gasteiger partial charge >= 0.3 is 0 Å². The molecule has 0 spiro atoms. The van der Waals surface area contributed by atoms with Crippen LogP contribution in [0.15, 0.2) is 41.3 Å². The van der Waals surface area contributed by atoms with Gasteiger partial charge in [0, 0.05) is 31.7 Å². The molecule has 0 radical (unpaired) electrons. The number of nitrogens with zero attached hydrogens (tertiary/aromatic N) is 2. The molecule has 2 amide bonds. The van der Waals surface area contributed by atoms with Crippen LogP contribution in [0.4, 0.5) is 11.4 Å². The van der Waals surface area contributed by atoms with Gasteiger partial charge in [0.1, 0.15) is 5.56 Å². The first-order valence-electron chi connectivity index (χ1n) is 6.84. The zero-order valence-electron chi connectivity index (χ0n) is 12.3. The van der Waals surface area contributed by atoms with Crippen LogP contribution in [0.2, 0.25) is 0 Å². The Morgan fingerprint density at radius 3 is 2.73 bits per heavy atom. The van der Waals surface area contributed by atoms with Crippen LogP contribution in [0.25, 0.3) is 0 Å². The lowest BCUT2D eigenvalue weighted by atomic mass is 10.1. The highest BCUT2D eigenvalue weighted by molar-refractivity contribution is 6.05. The number of hydrogen-bond acceptors (Lipinski definition) is 3. The topological polar surface area (TPSA) is 71.4 Å². The second-order valence-corrected chi connectivity index (χ2v) is 5.27. The van der Waals surface area contributed by atoms with Crippen molar-refractivity contribution >= 4 is 23.2 Å². The summed E-state index contributed by atoms with van der Waals surface area (Å²) in [5.41, 5.74) is 2.01. The first-order valence-corrected chi connectivity index (χ1v) is 6.84. The van der Waals surface area contributed by atoms with Gasteiger partial charge in [0.15, 0.2) is 0 Å². The molecule has 6 heteroatoms. The average Bonchev–Trinajstić information content (AvgIpc) is 2.76. The van der Waals surface area contributed by atoms with Gasteiger partial charge in [0.25, 0.3) is 11.5 Å². The van der Waals surface area contributed by atoms with Crippen LogP contribution in [0.1, 0.15) is 15.9 Å². The summed E-state index contributed by atoms with van der Waals surface area (Å²) in [6, 6.07) is 8.41. The number of likely N-dealkylation sites (N-methyl/N-ethyl adjacent to an activating group) is 1. The maximum absolute atomic E-state index is 12.2. The Morgan fingerprint density at radius 1 is 1.18 bits per heavy atom. The molecule has 1 aromatic heterocycles. The van der Waals surface area contributed by atoms with E-state index in [2.05, 4.69) is 5.32 Å². The predicted octanol–water partition coefficient (Wildman–Crippen LogP) is 1.16. The van der Waals surface area contributed by atoms with Crippen molar-refractivity contribution in [2.75, 3.05) is 17.3 Å². The molecule has 0 atom stereocenters. The number of anilines is 2. The number of hydrogen-bond donors (Lipinski definition) is 1. The quantitative estimate of drug-likeness (QED) is 0.904. The maximum Gasteiger partial charge on any atom is 0.263 e. The molecule has 3 rings (SSSR count). The summed E-state index contributed by atoms with van der Waals surface area (Å²) in [6.07, 6.45) is 1.92. The van der Waals surface area contributed by atoms with E-state index in [9.17, 15) is 14.4 Å². The number of pyridine rings is 1. The SMILES string of the molecule is CN1C(=O)Cc2cc(NC(=O)c3cccn(C)c3=O)ccc21. The van der Waals surface area contributed by atoms with Crippen LogP contribution in [0.5, 0.6) is 0 Å². The Bertz CT molecular complexity index is 839. The third-order valence-electron chi connectivity index (χ3n) is 3.78. The van der Waals surface area contributed by atoms with Crippen LogP contribution in [-0.4, -0.2) is 23.4 Å². The van der Waals surface area contributed by atoms with E-state index in [0.29, 0.717) is 12.1 Å². The summed E-state index contributed by atoms with van der Waals surface area (Å²) >= 11 is 0. The summed E-state index contributed by atoms with van der Waals surface area (Å²) in [5, 5.41) is 2.70. The fourth-order valence-corrected chi connectivity index (χ4v) is 2.52. The van der Waals surface area contributed by atoms with Crippen molar-refractivity contribution in [1.82, 2.24) is 4.57 Å². The van der Waals surface area contributed by atoms with Crippen molar-refractivity contribution in [2.45, 2.75) is 6.42 Å². The van der Waals surface area contributed by atoms with Gasteiger partial charge in [0.05, 0.1) is 6.42 Å². The second kappa shape index (κ2) is 5.14. The Morgan fingerprint density at radius 2 is 1.95 bits per heavy atom. The van der Waals surface area contributed by atoms with E-state index >= 15 is 0 Å². The third kappa shape index (κ3) is 2.28. The van der Waals surface area contributed by atoms with Crippen LogP contribution in [0, 0.1) is 0 Å². The zero-order chi connectivity index (χ0) is 15.9. The number of carbonyl (C=O) groups excluding carboxylic acids is 2. The standard InChI is InChI=1S/C16H15N3O3/c1-18-7-3-4-12(16(18)22)15(21)17-11-5-6-13-10(8-11)9-14(20)19(13)2/h3-8H,9H2,1-2H3,(H,17,21). The minimum absolute atomic E-state index is 0.0235. The molecule has 2 heterocycles. The van der Waals surface area contributed by atoms with Crippen molar-refractivity contribution in [3.63, 3.8) is 0 Å². The molecule has 0 fully saturated rings. The van der Waals surface area contributed by atoms with Gasteiger partial charge in [-0.05, 0) is 35.9 Å². The molecule has 22 heavy (non-hydrogen) atoms. The van der Waals surface area contributed by atoms with Crippen LogP contribution < -0.4 is 15.8 Å². The van der Waals surface area contributed by atoms with Gasteiger partial charge in [-0.15, -0.1) is 0 Å². The highest BCUT2D eigenvalue weighted by atomic mass is 16.2. The van der Waals surface area contributed by atoms with E-state index in [1.54, 1.807) is 49.5 Å². The van der Waals surface area contributed by atoms with E-state index < -0.39 is 5.91 Å². The van der Waals surface area contributed by atoms with Crippen molar-refractivity contribution < 1.29 is 9.59 Å².